The van der Waals surface area contributed by atoms with E-state index in [4.69, 9.17) is 21.4 Å². The highest BCUT2D eigenvalue weighted by atomic mass is 35.5. The van der Waals surface area contributed by atoms with Crippen LogP contribution in [0.25, 0.3) is 0 Å². The van der Waals surface area contributed by atoms with E-state index in [-0.39, 0.29) is 12.0 Å². The summed E-state index contributed by atoms with van der Waals surface area (Å²) < 4.78 is 5.69. The molecule has 1 saturated heterocycles. The number of hydrogen-bond acceptors (Lipinski definition) is 3. The van der Waals surface area contributed by atoms with Crippen molar-refractivity contribution in [2.45, 2.75) is 31.4 Å². The average molecular weight is 282 g/mol. The lowest BCUT2D eigenvalue weighted by Crippen LogP contribution is -2.17. The van der Waals surface area contributed by atoms with Gasteiger partial charge in [-0.05, 0) is 37.0 Å². The summed E-state index contributed by atoms with van der Waals surface area (Å²) >= 11 is 6.21. The molecule has 0 aromatic heterocycles. The lowest BCUT2D eigenvalue weighted by atomic mass is 10.00. The van der Waals surface area contributed by atoms with Crippen LogP contribution in [0.2, 0.25) is 5.02 Å². The summed E-state index contributed by atoms with van der Waals surface area (Å²) in [5.74, 6) is -0.332. The van der Waals surface area contributed by atoms with E-state index in [1.165, 1.54) is 0 Å². The van der Waals surface area contributed by atoms with Crippen molar-refractivity contribution in [1.29, 1.82) is 0 Å². The van der Waals surface area contributed by atoms with Gasteiger partial charge in [-0.3, -0.25) is 4.79 Å². The third-order valence-electron chi connectivity index (χ3n) is 3.66. The molecule has 2 N–H and O–H groups in total. The van der Waals surface area contributed by atoms with E-state index in [0.717, 1.165) is 24.2 Å². The normalized spacial score (nSPS) is 26.4. The van der Waals surface area contributed by atoms with Crippen LogP contribution in [0.3, 0.4) is 0 Å². The Hall–Kier alpha value is -1.26. The number of ether oxygens (including phenoxy) is 1. The predicted molar refractivity (Wildman–Crippen MR) is 71.6 cm³/mol. The molecule has 0 amide bonds. The minimum Gasteiger partial charge on any atom is -0.489 e. The third kappa shape index (κ3) is 2.85. The van der Waals surface area contributed by atoms with E-state index in [0.29, 0.717) is 24.1 Å². The number of rotatable bonds is 4. The molecule has 102 valence electrons. The molecule has 0 bridgehead atoms. The largest absolute Gasteiger partial charge is 0.489 e. The highest BCUT2D eigenvalue weighted by Gasteiger charge is 2.30. The van der Waals surface area contributed by atoms with E-state index in [1.54, 1.807) is 0 Å². The van der Waals surface area contributed by atoms with Crippen molar-refractivity contribution < 1.29 is 14.6 Å². The summed E-state index contributed by atoms with van der Waals surface area (Å²) in [7, 11) is 0. The molecule has 1 aromatic rings. The molecule has 1 aliphatic carbocycles. The number of halogens is 1. The molecular weight excluding hydrogens is 266 g/mol. The Labute approximate surface area is 116 Å². The fraction of sp³-hybridized carbons (Fsp3) is 0.500. The van der Waals surface area contributed by atoms with E-state index in [2.05, 4.69) is 5.32 Å². The fourth-order valence-electron chi connectivity index (χ4n) is 2.37. The maximum absolute atomic E-state index is 10.9. The first-order valence-corrected chi connectivity index (χ1v) is 6.93. The number of benzene rings is 1. The Kier molecular flexibility index (Phi) is 3.37. The van der Waals surface area contributed by atoms with Crippen LogP contribution < -0.4 is 10.1 Å². The summed E-state index contributed by atoms with van der Waals surface area (Å²) in [5, 5.41) is 12.8. The molecule has 19 heavy (non-hydrogen) atoms. The smallest absolute Gasteiger partial charge is 0.307 e. The highest BCUT2D eigenvalue weighted by molar-refractivity contribution is 6.32. The molecule has 1 aromatic carbocycles. The Bertz CT molecular complexity index is 501. The first-order chi connectivity index (χ1) is 9.13. The summed E-state index contributed by atoms with van der Waals surface area (Å²) in [6, 6.07) is 5.78. The molecule has 1 aliphatic heterocycles. The van der Waals surface area contributed by atoms with Crippen LogP contribution in [0.4, 0.5) is 0 Å². The van der Waals surface area contributed by atoms with Crippen molar-refractivity contribution in [3.8, 4) is 5.75 Å². The number of hydrogen-bond donors (Lipinski definition) is 2. The van der Waals surface area contributed by atoms with E-state index >= 15 is 0 Å². The number of carboxylic acids is 1. The third-order valence-corrected chi connectivity index (χ3v) is 3.95. The van der Waals surface area contributed by atoms with Crippen LogP contribution in [0.15, 0.2) is 18.2 Å². The van der Waals surface area contributed by atoms with Crippen LogP contribution in [0.5, 0.6) is 5.75 Å². The monoisotopic (exact) mass is 281 g/mol. The lowest BCUT2D eigenvalue weighted by molar-refractivity contribution is -0.141. The number of aliphatic carboxylic acids is 1. The van der Waals surface area contributed by atoms with Gasteiger partial charge in [0.05, 0.1) is 17.0 Å². The molecule has 1 heterocycles. The summed E-state index contributed by atoms with van der Waals surface area (Å²) in [6.45, 7) is 0.512. The van der Waals surface area contributed by atoms with Gasteiger partial charge in [0, 0.05) is 12.6 Å². The van der Waals surface area contributed by atoms with Crippen LogP contribution in [0, 0.1) is 5.92 Å². The molecule has 1 saturated carbocycles. The molecule has 0 radical (unpaired) electrons. The SMILES string of the molecule is O=C(O)C1CNC(c2ccc(OC3CC3)c(Cl)c2)C1. The van der Waals surface area contributed by atoms with E-state index in [9.17, 15) is 4.79 Å². The van der Waals surface area contributed by atoms with Crippen molar-refractivity contribution in [3.05, 3.63) is 28.8 Å². The summed E-state index contributed by atoms with van der Waals surface area (Å²) in [4.78, 5) is 10.9. The second-order valence-electron chi connectivity index (χ2n) is 5.24. The van der Waals surface area contributed by atoms with Crippen LogP contribution in [-0.4, -0.2) is 23.7 Å². The van der Waals surface area contributed by atoms with Gasteiger partial charge in [-0.1, -0.05) is 17.7 Å². The van der Waals surface area contributed by atoms with E-state index in [1.807, 2.05) is 18.2 Å². The molecule has 5 heteroatoms. The van der Waals surface area contributed by atoms with Gasteiger partial charge in [0.15, 0.2) is 0 Å². The Morgan fingerprint density at radius 1 is 1.42 bits per heavy atom. The molecule has 3 rings (SSSR count). The minimum absolute atomic E-state index is 0.0635. The Morgan fingerprint density at radius 3 is 2.79 bits per heavy atom. The molecular formula is C14H16ClNO3. The summed E-state index contributed by atoms with van der Waals surface area (Å²) in [6.07, 6.45) is 3.13. The van der Waals surface area contributed by atoms with E-state index < -0.39 is 5.97 Å². The van der Waals surface area contributed by atoms with Gasteiger partial charge in [0.2, 0.25) is 0 Å². The van der Waals surface area contributed by atoms with Crippen molar-refractivity contribution in [3.63, 3.8) is 0 Å². The average Bonchev–Trinajstić information content (AvgIpc) is 3.05. The maximum Gasteiger partial charge on any atom is 0.307 e. The Morgan fingerprint density at radius 2 is 2.21 bits per heavy atom. The molecule has 2 aliphatic rings. The van der Waals surface area contributed by atoms with Gasteiger partial charge in [0.1, 0.15) is 5.75 Å². The number of carboxylic acid groups (broad SMARTS) is 1. The topological polar surface area (TPSA) is 58.6 Å². The second-order valence-corrected chi connectivity index (χ2v) is 5.65. The van der Waals surface area contributed by atoms with Crippen LogP contribution in [0.1, 0.15) is 30.9 Å². The number of nitrogens with one attached hydrogen (secondary N) is 1. The van der Waals surface area contributed by atoms with Crippen molar-refractivity contribution in [2.75, 3.05) is 6.54 Å². The molecule has 2 atom stereocenters. The van der Waals surface area contributed by atoms with Crippen LogP contribution in [-0.2, 0) is 4.79 Å². The zero-order valence-corrected chi connectivity index (χ0v) is 11.2. The summed E-state index contributed by atoms with van der Waals surface area (Å²) in [5.41, 5.74) is 1.02. The zero-order chi connectivity index (χ0) is 13.4. The lowest BCUT2D eigenvalue weighted by Gasteiger charge is -2.13. The van der Waals surface area contributed by atoms with Crippen LogP contribution >= 0.6 is 11.6 Å². The first-order valence-electron chi connectivity index (χ1n) is 6.56. The van der Waals surface area contributed by atoms with Gasteiger partial charge < -0.3 is 15.2 Å². The van der Waals surface area contributed by atoms with Crippen molar-refractivity contribution in [2.24, 2.45) is 5.92 Å². The standard InChI is InChI=1S/C14H16ClNO3/c15-11-5-8(1-4-13(11)19-10-2-3-10)12-6-9(7-16-12)14(17)18/h1,4-5,9-10,12,16H,2-3,6-7H2,(H,17,18). The molecule has 2 fully saturated rings. The Balaban J connectivity index is 1.71. The second kappa shape index (κ2) is 5.02. The van der Waals surface area contributed by atoms with Gasteiger partial charge in [0.25, 0.3) is 0 Å². The highest BCUT2D eigenvalue weighted by Crippen LogP contribution is 2.35. The van der Waals surface area contributed by atoms with Crippen molar-refractivity contribution >= 4 is 17.6 Å². The van der Waals surface area contributed by atoms with Gasteiger partial charge in [-0.25, -0.2) is 0 Å². The van der Waals surface area contributed by atoms with Gasteiger partial charge in [-0.2, -0.15) is 0 Å². The molecule has 4 nitrogen and oxygen atoms in total. The molecule has 2 unspecified atom stereocenters. The number of carbonyl (C=O) groups is 1. The fourth-order valence-corrected chi connectivity index (χ4v) is 2.61. The van der Waals surface area contributed by atoms with Crippen molar-refractivity contribution in [1.82, 2.24) is 5.32 Å². The maximum atomic E-state index is 10.9. The quantitative estimate of drug-likeness (QED) is 0.891. The first kappa shape index (κ1) is 12.8. The zero-order valence-electron chi connectivity index (χ0n) is 10.4. The van der Waals surface area contributed by atoms with Gasteiger partial charge >= 0.3 is 5.97 Å². The predicted octanol–water partition coefficient (Wildman–Crippen LogP) is 2.62. The molecule has 0 spiro atoms. The minimum atomic E-state index is -0.741. The van der Waals surface area contributed by atoms with Gasteiger partial charge in [-0.15, -0.1) is 0 Å².